The summed E-state index contributed by atoms with van der Waals surface area (Å²) in [4.78, 5) is 16.0. The number of carbonyl (C=O) groups excluding carboxylic acids is 1. The minimum absolute atomic E-state index is 0.166. The highest BCUT2D eigenvalue weighted by Gasteiger charge is 2.15. The molecule has 0 radical (unpaired) electrons. The van der Waals surface area contributed by atoms with Crippen LogP contribution in [0.25, 0.3) is 11.4 Å². The van der Waals surface area contributed by atoms with E-state index >= 15 is 0 Å². The van der Waals surface area contributed by atoms with Gasteiger partial charge in [-0.3, -0.25) is 4.79 Å². The molecule has 0 aliphatic carbocycles. The molecule has 1 aromatic carbocycles. The lowest BCUT2D eigenvalue weighted by molar-refractivity contribution is -0.113. The Labute approximate surface area is 158 Å². The van der Waals surface area contributed by atoms with Gasteiger partial charge in [-0.2, -0.15) is 0 Å². The molecule has 0 aliphatic heterocycles. The molecule has 2 heterocycles. The number of carbonyl (C=O) groups is 1. The molecule has 9 heteroatoms. The minimum Gasteiger partial charge on any atom is -0.323 e. The van der Waals surface area contributed by atoms with Crippen LogP contribution in [0.3, 0.4) is 0 Å². The molecule has 0 saturated carbocycles. The number of anilines is 1. The van der Waals surface area contributed by atoms with Crippen molar-refractivity contribution >= 4 is 46.6 Å². The largest absolute Gasteiger partial charge is 0.323 e. The van der Waals surface area contributed by atoms with Crippen molar-refractivity contribution in [3.05, 3.63) is 52.8 Å². The van der Waals surface area contributed by atoms with Gasteiger partial charge in [0.05, 0.1) is 16.5 Å². The summed E-state index contributed by atoms with van der Waals surface area (Å²) in [6, 6.07) is 10.8. The molecular formula is C16H13Cl2N5OS. The Bertz CT molecular complexity index is 915. The third-order valence-electron chi connectivity index (χ3n) is 3.32. The van der Waals surface area contributed by atoms with E-state index in [0.717, 1.165) is 5.56 Å². The molecule has 25 heavy (non-hydrogen) atoms. The number of amides is 1. The Balaban J connectivity index is 1.67. The number of benzene rings is 1. The number of rotatable bonds is 5. The van der Waals surface area contributed by atoms with Crippen molar-refractivity contribution < 1.29 is 4.79 Å². The molecule has 0 saturated heterocycles. The molecule has 128 valence electrons. The first-order chi connectivity index (χ1) is 12.1. The average molecular weight is 394 g/mol. The number of halogens is 2. The fourth-order valence-corrected chi connectivity index (χ4v) is 3.21. The van der Waals surface area contributed by atoms with Crippen molar-refractivity contribution in [3.63, 3.8) is 0 Å². The molecule has 0 bridgehead atoms. The number of aromatic nitrogens is 4. The Kier molecular flexibility index (Phi) is 5.57. The zero-order valence-electron chi connectivity index (χ0n) is 13.1. The van der Waals surface area contributed by atoms with Gasteiger partial charge in [-0.1, -0.05) is 47.1 Å². The molecule has 3 rings (SSSR count). The van der Waals surface area contributed by atoms with E-state index in [2.05, 4.69) is 20.5 Å². The SMILES string of the molecule is Cn1c(SCC(=O)Nc2cccnc2Cl)nnc1-c1ccccc1Cl. The molecule has 6 nitrogen and oxygen atoms in total. The van der Waals surface area contributed by atoms with Gasteiger partial charge >= 0.3 is 0 Å². The maximum Gasteiger partial charge on any atom is 0.234 e. The predicted molar refractivity (Wildman–Crippen MR) is 100 cm³/mol. The van der Waals surface area contributed by atoms with Crippen LogP contribution in [0.4, 0.5) is 5.69 Å². The second-order valence-electron chi connectivity index (χ2n) is 5.02. The van der Waals surface area contributed by atoms with E-state index in [1.54, 1.807) is 29.0 Å². The summed E-state index contributed by atoms with van der Waals surface area (Å²) >= 11 is 13.4. The van der Waals surface area contributed by atoms with E-state index in [1.165, 1.54) is 11.8 Å². The lowest BCUT2D eigenvalue weighted by atomic mass is 10.2. The highest BCUT2D eigenvalue weighted by molar-refractivity contribution is 7.99. The molecule has 1 amide bonds. The predicted octanol–water partition coefficient (Wildman–Crippen LogP) is 3.91. The van der Waals surface area contributed by atoms with Crippen LogP contribution >= 0.6 is 35.0 Å². The normalized spacial score (nSPS) is 10.7. The number of pyridine rings is 1. The van der Waals surface area contributed by atoms with Gasteiger partial charge in [0.25, 0.3) is 0 Å². The van der Waals surface area contributed by atoms with Gasteiger partial charge < -0.3 is 9.88 Å². The topological polar surface area (TPSA) is 72.7 Å². The first kappa shape index (κ1) is 17.7. The standard InChI is InChI=1S/C16H13Cl2N5OS/c1-23-15(10-5-2-3-6-11(10)17)21-22-16(23)25-9-13(24)20-12-7-4-8-19-14(12)18/h2-8H,9H2,1H3,(H,20,24). The summed E-state index contributed by atoms with van der Waals surface area (Å²) in [6.45, 7) is 0. The maximum absolute atomic E-state index is 12.1. The Morgan fingerprint density at radius 3 is 2.76 bits per heavy atom. The fourth-order valence-electron chi connectivity index (χ4n) is 2.11. The number of nitrogens with one attached hydrogen (secondary N) is 1. The van der Waals surface area contributed by atoms with E-state index in [-0.39, 0.29) is 16.8 Å². The quantitative estimate of drug-likeness (QED) is 0.525. The molecule has 2 aromatic heterocycles. The molecule has 0 atom stereocenters. The van der Waals surface area contributed by atoms with Crippen LogP contribution < -0.4 is 5.32 Å². The number of thioether (sulfide) groups is 1. The van der Waals surface area contributed by atoms with Gasteiger partial charge in [0.2, 0.25) is 5.91 Å². The molecule has 0 aliphatic rings. The maximum atomic E-state index is 12.1. The van der Waals surface area contributed by atoms with Crippen molar-refractivity contribution in [1.29, 1.82) is 0 Å². The van der Waals surface area contributed by atoms with Crippen molar-refractivity contribution in [2.45, 2.75) is 5.16 Å². The van der Waals surface area contributed by atoms with Crippen LogP contribution in [0, 0.1) is 0 Å². The molecule has 3 aromatic rings. The Morgan fingerprint density at radius 1 is 1.20 bits per heavy atom. The van der Waals surface area contributed by atoms with Gasteiger partial charge in [0, 0.05) is 18.8 Å². The third kappa shape index (κ3) is 4.12. The molecule has 1 N–H and O–H groups in total. The van der Waals surface area contributed by atoms with E-state index in [1.807, 2.05) is 25.2 Å². The van der Waals surface area contributed by atoms with Crippen molar-refractivity contribution in [3.8, 4) is 11.4 Å². The summed E-state index contributed by atoms with van der Waals surface area (Å²) in [5.41, 5.74) is 1.27. The minimum atomic E-state index is -0.206. The van der Waals surface area contributed by atoms with Crippen LogP contribution in [-0.4, -0.2) is 31.4 Å². The van der Waals surface area contributed by atoms with Crippen molar-refractivity contribution in [1.82, 2.24) is 19.7 Å². The summed E-state index contributed by atoms with van der Waals surface area (Å²) in [7, 11) is 1.83. The van der Waals surface area contributed by atoms with Gasteiger partial charge in [0.15, 0.2) is 16.1 Å². The molecule has 0 spiro atoms. The molecule has 0 fully saturated rings. The fraction of sp³-hybridized carbons (Fsp3) is 0.125. The zero-order chi connectivity index (χ0) is 17.8. The summed E-state index contributed by atoms with van der Waals surface area (Å²) in [5.74, 6) is 0.603. The Morgan fingerprint density at radius 2 is 2.00 bits per heavy atom. The van der Waals surface area contributed by atoms with Gasteiger partial charge in [-0.25, -0.2) is 4.98 Å². The van der Waals surface area contributed by atoms with E-state index in [4.69, 9.17) is 23.2 Å². The molecule has 0 unspecified atom stereocenters. The molecular weight excluding hydrogens is 381 g/mol. The second kappa shape index (κ2) is 7.86. The summed E-state index contributed by atoms with van der Waals surface area (Å²) in [5, 5.41) is 12.5. The summed E-state index contributed by atoms with van der Waals surface area (Å²) < 4.78 is 1.80. The first-order valence-corrected chi connectivity index (χ1v) is 8.98. The van der Waals surface area contributed by atoms with Gasteiger partial charge in [-0.15, -0.1) is 10.2 Å². The van der Waals surface area contributed by atoms with Crippen LogP contribution in [0.15, 0.2) is 47.8 Å². The van der Waals surface area contributed by atoms with Crippen LogP contribution in [0.2, 0.25) is 10.2 Å². The monoisotopic (exact) mass is 393 g/mol. The number of hydrogen-bond donors (Lipinski definition) is 1. The smallest absolute Gasteiger partial charge is 0.234 e. The van der Waals surface area contributed by atoms with Crippen LogP contribution in [0.5, 0.6) is 0 Å². The zero-order valence-corrected chi connectivity index (χ0v) is 15.4. The highest BCUT2D eigenvalue weighted by Crippen LogP contribution is 2.28. The second-order valence-corrected chi connectivity index (χ2v) is 6.73. The lowest BCUT2D eigenvalue weighted by Gasteiger charge is -2.07. The van der Waals surface area contributed by atoms with Crippen molar-refractivity contribution in [2.75, 3.05) is 11.1 Å². The first-order valence-electron chi connectivity index (χ1n) is 7.23. The van der Waals surface area contributed by atoms with E-state index < -0.39 is 0 Å². The van der Waals surface area contributed by atoms with E-state index in [9.17, 15) is 4.79 Å². The lowest BCUT2D eigenvalue weighted by Crippen LogP contribution is -2.15. The van der Waals surface area contributed by atoms with Crippen LogP contribution in [0.1, 0.15) is 0 Å². The highest BCUT2D eigenvalue weighted by atomic mass is 35.5. The van der Waals surface area contributed by atoms with E-state index in [0.29, 0.717) is 21.7 Å². The number of hydrogen-bond acceptors (Lipinski definition) is 5. The van der Waals surface area contributed by atoms with Crippen molar-refractivity contribution in [2.24, 2.45) is 7.05 Å². The third-order valence-corrected chi connectivity index (χ3v) is 4.97. The van der Waals surface area contributed by atoms with Crippen LogP contribution in [-0.2, 0) is 11.8 Å². The Hall–Kier alpha value is -2.09. The average Bonchev–Trinajstić information content (AvgIpc) is 2.96. The summed E-state index contributed by atoms with van der Waals surface area (Å²) in [6.07, 6.45) is 1.56. The number of nitrogens with zero attached hydrogens (tertiary/aromatic N) is 4. The van der Waals surface area contributed by atoms with Gasteiger partial charge in [-0.05, 0) is 24.3 Å². The van der Waals surface area contributed by atoms with Gasteiger partial charge in [0.1, 0.15) is 0 Å².